The molecule has 0 bridgehead atoms. The molecule has 1 aliphatic rings. The van der Waals surface area contributed by atoms with Crippen LogP contribution in [0.2, 0.25) is 0 Å². The van der Waals surface area contributed by atoms with Crippen LogP contribution in [0.5, 0.6) is 5.75 Å². The summed E-state index contributed by atoms with van der Waals surface area (Å²) in [5, 5.41) is 0.662. The summed E-state index contributed by atoms with van der Waals surface area (Å²) >= 11 is 0. The second-order valence-electron chi connectivity index (χ2n) is 4.79. The first-order valence-corrected chi connectivity index (χ1v) is 8.42. The molecule has 0 aliphatic carbocycles. The minimum absolute atomic E-state index is 0.449. The van der Waals surface area contributed by atoms with Crippen LogP contribution >= 0.6 is 7.60 Å². The summed E-state index contributed by atoms with van der Waals surface area (Å²) in [6.07, 6.45) is 1.87. The van der Waals surface area contributed by atoms with E-state index < -0.39 is 7.60 Å². The standard InChI is InChI=1S/C16H17O3P/c1-2-3-12-18-20(17)16-11-7-5-9-14(16)13-8-4-6-10-15(13)19-20/h4-11H,2-3,12H2,1H3. The number of rotatable bonds is 4. The van der Waals surface area contributed by atoms with Gasteiger partial charge in [0.2, 0.25) is 0 Å². The fourth-order valence-corrected chi connectivity index (χ4v) is 4.15. The summed E-state index contributed by atoms with van der Waals surface area (Å²) in [5.41, 5.74) is 1.91. The highest BCUT2D eigenvalue weighted by atomic mass is 31.2. The molecule has 0 aromatic heterocycles. The Morgan fingerprint density at radius 1 is 1.05 bits per heavy atom. The van der Waals surface area contributed by atoms with E-state index >= 15 is 0 Å². The molecule has 2 aromatic carbocycles. The Morgan fingerprint density at radius 2 is 1.75 bits per heavy atom. The SMILES string of the molecule is CCCCOP1(=O)Oc2ccccc2-c2ccccc21. The maximum atomic E-state index is 13.0. The first kappa shape index (κ1) is 13.4. The van der Waals surface area contributed by atoms with Crippen molar-refractivity contribution in [3.05, 3.63) is 48.5 Å². The molecular weight excluding hydrogens is 271 g/mol. The van der Waals surface area contributed by atoms with Crippen molar-refractivity contribution in [1.82, 2.24) is 0 Å². The number of unbranched alkanes of at least 4 members (excludes halogenated alkanes) is 1. The van der Waals surface area contributed by atoms with Gasteiger partial charge in [-0.1, -0.05) is 49.7 Å². The number of para-hydroxylation sites is 1. The zero-order chi connectivity index (χ0) is 14.0. The van der Waals surface area contributed by atoms with E-state index in [1.54, 1.807) is 0 Å². The maximum absolute atomic E-state index is 13.0. The zero-order valence-electron chi connectivity index (χ0n) is 11.4. The molecule has 0 radical (unpaired) electrons. The monoisotopic (exact) mass is 288 g/mol. The van der Waals surface area contributed by atoms with Crippen molar-refractivity contribution >= 4 is 12.9 Å². The number of fused-ring (bicyclic) bond motifs is 3. The molecule has 3 rings (SSSR count). The minimum Gasteiger partial charge on any atom is -0.421 e. The number of hydrogen-bond donors (Lipinski definition) is 0. The van der Waals surface area contributed by atoms with Gasteiger partial charge in [0.1, 0.15) is 5.75 Å². The Kier molecular flexibility index (Phi) is 3.64. The van der Waals surface area contributed by atoms with E-state index in [1.807, 2.05) is 48.5 Å². The van der Waals surface area contributed by atoms with E-state index in [0.717, 1.165) is 24.0 Å². The van der Waals surface area contributed by atoms with Gasteiger partial charge >= 0.3 is 7.60 Å². The Labute approximate surface area is 119 Å². The second-order valence-corrected chi connectivity index (χ2v) is 6.71. The van der Waals surface area contributed by atoms with Gasteiger partial charge in [0.25, 0.3) is 0 Å². The predicted molar refractivity (Wildman–Crippen MR) is 80.6 cm³/mol. The van der Waals surface area contributed by atoms with E-state index in [0.29, 0.717) is 17.7 Å². The molecule has 0 fully saturated rings. The number of hydrogen-bond acceptors (Lipinski definition) is 3. The largest absolute Gasteiger partial charge is 0.421 e. The van der Waals surface area contributed by atoms with Gasteiger partial charge in [-0.25, -0.2) is 4.57 Å². The molecule has 0 amide bonds. The van der Waals surface area contributed by atoms with Crippen molar-refractivity contribution < 1.29 is 13.6 Å². The third kappa shape index (κ3) is 2.28. The van der Waals surface area contributed by atoms with Crippen LogP contribution < -0.4 is 9.83 Å². The Morgan fingerprint density at radius 3 is 2.55 bits per heavy atom. The summed E-state index contributed by atoms with van der Waals surface area (Å²) in [7, 11) is -3.27. The fourth-order valence-electron chi connectivity index (χ4n) is 2.31. The third-order valence-electron chi connectivity index (χ3n) is 3.35. The quantitative estimate of drug-likeness (QED) is 0.618. The summed E-state index contributed by atoms with van der Waals surface area (Å²) in [6.45, 7) is 2.52. The van der Waals surface area contributed by atoms with Gasteiger partial charge in [-0.2, -0.15) is 0 Å². The van der Waals surface area contributed by atoms with Gasteiger partial charge < -0.3 is 4.52 Å². The van der Waals surface area contributed by atoms with Crippen molar-refractivity contribution in [3.8, 4) is 16.9 Å². The van der Waals surface area contributed by atoms with Crippen LogP contribution in [0.15, 0.2) is 48.5 Å². The summed E-state index contributed by atoms with van der Waals surface area (Å²) in [4.78, 5) is 0. The second kappa shape index (κ2) is 5.43. The molecule has 1 unspecified atom stereocenters. The van der Waals surface area contributed by atoms with Crippen molar-refractivity contribution in [2.75, 3.05) is 6.61 Å². The van der Waals surface area contributed by atoms with Gasteiger partial charge in [-0.3, -0.25) is 4.52 Å². The van der Waals surface area contributed by atoms with Crippen molar-refractivity contribution in [1.29, 1.82) is 0 Å². The summed E-state index contributed by atoms with van der Waals surface area (Å²) in [5.74, 6) is 0.631. The molecule has 104 valence electrons. The first-order valence-electron chi connectivity index (χ1n) is 6.88. The normalized spacial score (nSPS) is 19.9. The predicted octanol–water partition coefficient (Wildman–Crippen LogP) is 4.38. The van der Waals surface area contributed by atoms with Crippen molar-refractivity contribution in [2.24, 2.45) is 0 Å². The molecule has 0 saturated carbocycles. The molecule has 1 atom stereocenters. The highest BCUT2D eigenvalue weighted by molar-refractivity contribution is 7.63. The molecule has 2 aromatic rings. The van der Waals surface area contributed by atoms with Gasteiger partial charge in [0.05, 0.1) is 11.9 Å². The molecule has 0 N–H and O–H groups in total. The molecule has 20 heavy (non-hydrogen) atoms. The topological polar surface area (TPSA) is 35.5 Å². The van der Waals surface area contributed by atoms with Crippen LogP contribution in [0.3, 0.4) is 0 Å². The number of benzene rings is 2. The molecule has 1 aliphatic heterocycles. The lowest BCUT2D eigenvalue weighted by atomic mass is 10.0. The molecule has 0 spiro atoms. The molecule has 0 saturated heterocycles. The average molecular weight is 288 g/mol. The molecular formula is C16H17O3P. The molecule has 4 heteroatoms. The van der Waals surface area contributed by atoms with E-state index in [-0.39, 0.29) is 0 Å². The summed E-state index contributed by atoms with van der Waals surface area (Å²) < 4.78 is 24.4. The van der Waals surface area contributed by atoms with Crippen molar-refractivity contribution in [2.45, 2.75) is 19.8 Å². The van der Waals surface area contributed by atoms with E-state index in [9.17, 15) is 4.57 Å². The molecule has 3 nitrogen and oxygen atoms in total. The van der Waals surface area contributed by atoms with Gasteiger partial charge in [0, 0.05) is 11.1 Å². The van der Waals surface area contributed by atoms with E-state index in [4.69, 9.17) is 9.05 Å². The highest BCUT2D eigenvalue weighted by Crippen LogP contribution is 2.55. The Bertz CT molecular complexity index is 666. The van der Waals surface area contributed by atoms with Crippen LogP contribution in [0.1, 0.15) is 19.8 Å². The Hall–Kier alpha value is -1.57. The van der Waals surface area contributed by atoms with Crippen LogP contribution in [0.25, 0.3) is 11.1 Å². The van der Waals surface area contributed by atoms with E-state index in [2.05, 4.69) is 6.92 Å². The highest BCUT2D eigenvalue weighted by Gasteiger charge is 2.37. The van der Waals surface area contributed by atoms with E-state index in [1.165, 1.54) is 0 Å². The lowest BCUT2D eigenvalue weighted by molar-refractivity contribution is 0.268. The summed E-state index contributed by atoms with van der Waals surface area (Å²) in [6, 6.07) is 15.2. The maximum Gasteiger partial charge on any atom is 0.411 e. The van der Waals surface area contributed by atoms with Crippen LogP contribution in [-0.4, -0.2) is 6.61 Å². The van der Waals surface area contributed by atoms with Crippen LogP contribution in [-0.2, 0) is 9.09 Å². The minimum atomic E-state index is -3.27. The average Bonchev–Trinajstić information content (AvgIpc) is 2.48. The van der Waals surface area contributed by atoms with Crippen molar-refractivity contribution in [3.63, 3.8) is 0 Å². The van der Waals surface area contributed by atoms with Crippen LogP contribution in [0, 0.1) is 0 Å². The fraction of sp³-hybridized carbons (Fsp3) is 0.250. The molecule has 1 heterocycles. The van der Waals surface area contributed by atoms with Gasteiger partial charge in [-0.05, 0) is 18.6 Å². The smallest absolute Gasteiger partial charge is 0.411 e. The van der Waals surface area contributed by atoms with Gasteiger partial charge in [-0.15, -0.1) is 0 Å². The third-order valence-corrected chi connectivity index (χ3v) is 5.29. The van der Waals surface area contributed by atoms with Gasteiger partial charge in [0.15, 0.2) is 0 Å². The first-order chi connectivity index (χ1) is 9.74. The lowest BCUT2D eigenvalue weighted by Gasteiger charge is -2.27. The van der Waals surface area contributed by atoms with Crippen LogP contribution in [0.4, 0.5) is 0 Å². The zero-order valence-corrected chi connectivity index (χ0v) is 12.3. The lowest BCUT2D eigenvalue weighted by Crippen LogP contribution is -2.19. The Balaban J connectivity index is 2.06.